The van der Waals surface area contributed by atoms with Crippen molar-refractivity contribution in [1.29, 1.82) is 0 Å². The summed E-state index contributed by atoms with van der Waals surface area (Å²) in [7, 11) is 0. The highest BCUT2D eigenvalue weighted by Crippen LogP contribution is 2.34. The molecule has 1 amide bonds. The lowest BCUT2D eigenvalue weighted by Gasteiger charge is -2.14. The van der Waals surface area contributed by atoms with Gasteiger partial charge >= 0.3 is 0 Å². The SMILES string of the molecule is CC(C)CC(O)c1ccc2c(c1)C(C)C(=O)N2. The van der Waals surface area contributed by atoms with Crippen molar-refractivity contribution >= 4 is 11.6 Å². The van der Waals surface area contributed by atoms with Gasteiger partial charge in [-0.05, 0) is 36.5 Å². The predicted molar refractivity (Wildman–Crippen MR) is 67.9 cm³/mol. The summed E-state index contributed by atoms with van der Waals surface area (Å²) >= 11 is 0. The van der Waals surface area contributed by atoms with Gasteiger partial charge < -0.3 is 10.4 Å². The Labute approximate surface area is 102 Å². The van der Waals surface area contributed by atoms with Crippen molar-refractivity contribution in [3.05, 3.63) is 29.3 Å². The average molecular weight is 233 g/mol. The second-order valence-electron chi connectivity index (χ2n) is 5.20. The number of aliphatic hydroxyl groups is 1. The van der Waals surface area contributed by atoms with E-state index >= 15 is 0 Å². The molecule has 92 valence electrons. The quantitative estimate of drug-likeness (QED) is 0.843. The highest BCUT2D eigenvalue weighted by molar-refractivity contribution is 6.02. The molecule has 0 aromatic heterocycles. The number of hydrogen-bond donors (Lipinski definition) is 2. The second kappa shape index (κ2) is 4.49. The molecular weight excluding hydrogens is 214 g/mol. The number of carbonyl (C=O) groups is 1. The van der Waals surface area contributed by atoms with E-state index in [1.165, 1.54) is 0 Å². The number of nitrogens with one attached hydrogen (secondary N) is 1. The number of aliphatic hydroxyl groups excluding tert-OH is 1. The second-order valence-corrected chi connectivity index (χ2v) is 5.20. The van der Waals surface area contributed by atoms with Crippen molar-refractivity contribution in [2.45, 2.75) is 39.2 Å². The molecule has 0 bridgehead atoms. The number of anilines is 1. The molecule has 1 heterocycles. The summed E-state index contributed by atoms with van der Waals surface area (Å²) < 4.78 is 0. The van der Waals surface area contributed by atoms with E-state index in [-0.39, 0.29) is 11.8 Å². The number of rotatable bonds is 3. The Morgan fingerprint density at radius 1 is 1.41 bits per heavy atom. The van der Waals surface area contributed by atoms with Gasteiger partial charge in [-0.2, -0.15) is 0 Å². The summed E-state index contributed by atoms with van der Waals surface area (Å²) in [6.07, 6.45) is 0.303. The molecule has 0 spiro atoms. The largest absolute Gasteiger partial charge is 0.388 e. The average Bonchev–Trinajstić information content (AvgIpc) is 2.54. The monoisotopic (exact) mass is 233 g/mol. The van der Waals surface area contributed by atoms with Crippen LogP contribution in [0.1, 0.15) is 50.3 Å². The summed E-state index contributed by atoms with van der Waals surface area (Å²) in [6.45, 7) is 6.06. The molecule has 0 fully saturated rings. The van der Waals surface area contributed by atoms with Crippen LogP contribution in [0.25, 0.3) is 0 Å². The lowest BCUT2D eigenvalue weighted by atomic mass is 9.95. The summed E-state index contributed by atoms with van der Waals surface area (Å²) in [5, 5.41) is 12.9. The first-order valence-corrected chi connectivity index (χ1v) is 6.11. The molecule has 17 heavy (non-hydrogen) atoms. The number of hydrogen-bond acceptors (Lipinski definition) is 2. The fourth-order valence-electron chi connectivity index (χ4n) is 2.23. The zero-order chi connectivity index (χ0) is 12.6. The molecule has 0 aliphatic carbocycles. The van der Waals surface area contributed by atoms with Crippen molar-refractivity contribution in [1.82, 2.24) is 0 Å². The molecule has 1 aliphatic rings. The predicted octanol–water partition coefficient (Wildman–Crippen LogP) is 2.82. The standard InChI is InChI=1S/C14H19NO2/c1-8(2)6-13(16)10-4-5-12-11(7-10)9(3)14(17)15-12/h4-5,7-9,13,16H,6H2,1-3H3,(H,15,17). The maximum Gasteiger partial charge on any atom is 0.231 e. The van der Waals surface area contributed by atoms with Gasteiger partial charge in [-0.1, -0.05) is 26.0 Å². The fraction of sp³-hybridized carbons (Fsp3) is 0.500. The Morgan fingerprint density at radius 2 is 2.12 bits per heavy atom. The molecule has 0 radical (unpaired) electrons. The summed E-state index contributed by atoms with van der Waals surface area (Å²) in [5.74, 6) is 0.377. The highest BCUT2D eigenvalue weighted by atomic mass is 16.3. The van der Waals surface area contributed by atoms with Gasteiger partial charge in [-0.3, -0.25) is 4.79 Å². The first-order chi connectivity index (χ1) is 7.99. The van der Waals surface area contributed by atoms with E-state index in [1.807, 2.05) is 25.1 Å². The maximum atomic E-state index is 11.5. The topological polar surface area (TPSA) is 49.3 Å². The highest BCUT2D eigenvalue weighted by Gasteiger charge is 2.27. The van der Waals surface area contributed by atoms with Crippen molar-refractivity contribution in [2.75, 3.05) is 5.32 Å². The molecule has 2 unspecified atom stereocenters. The van der Waals surface area contributed by atoms with Crippen LogP contribution in [-0.2, 0) is 4.79 Å². The van der Waals surface area contributed by atoms with Gasteiger partial charge in [-0.25, -0.2) is 0 Å². The van der Waals surface area contributed by atoms with Gasteiger partial charge in [0, 0.05) is 5.69 Å². The first-order valence-electron chi connectivity index (χ1n) is 6.11. The van der Waals surface area contributed by atoms with E-state index in [1.54, 1.807) is 0 Å². The van der Waals surface area contributed by atoms with Gasteiger partial charge in [0.1, 0.15) is 0 Å². The van der Waals surface area contributed by atoms with Gasteiger partial charge in [0.05, 0.1) is 12.0 Å². The Morgan fingerprint density at radius 3 is 2.76 bits per heavy atom. The van der Waals surface area contributed by atoms with Crippen LogP contribution in [-0.4, -0.2) is 11.0 Å². The fourth-order valence-corrected chi connectivity index (χ4v) is 2.23. The zero-order valence-electron chi connectivity index (χ0n) is 10.5. The minimum atomic E-state index is -0.441. The molecular formula is C14H19NO2. The van der Waals surface area contributed by atoms with Crippen LogP contribution in [0.3, 0.4) is 0 Å². The van der Waals surface area contributed by atoms with Crippen LogP contribution < -0.4 is 5.32 Å². The van der Waals surface area contributed by atoms with E-state index in [4.69, 9.17) is 0 Å². The molecule has 2 N–H and O–H groups in total. The van der Waals surface area contributed by atoms with E-state index in [0.717, 1.165) is 23.2 Å². The molecule has 0 saturated heterocycles. The third-order valence-corrected chi connectivity index (χ3v) is 3.27. The molecule has 0 saturated carbocycles. The minimum absolute atomic E-state index is 0.0375. The van der Waals surface area contributed by atoms with Crippen LogP contribution in [0, 0.1) is 5.92 Å². The Bertz CT molecular complexity index is 440. The number of carbonyl (C=O) groups excluding carboxylic acids is 1. The molecule has 2 atom stereocenters. The molecule has 1 aromatic carbocycles. The van der Waals surface area contributed by atoms with E-state index in [2.05, 4.69) is 19.2 Å². The minimum Gasteiger partial charge on any atom is -0.388 e. The van der Waals surface area contributed by atoms with E-state index < -0.39 is 6.10 Å². The summed E-state index contributed by atoms with van der Waals surface area (Å²) in [5.41, 5.74) is 2.78. The van der Waals surface area contributed by atoms with Gasteiger partial charge in [0.25, 0.3) is 0 Å². The lowest BCUT2D eigenvalue weighted by molar-refractivity contribution is -0.116. The molecule has 3 nitrogen and oxygen atoms in total. The van der Waals surface area contributed by atoms with Crippen LogP contribution in [0.15, 0.2) is 18.2 Å². The van der Waals surface area contributed by atoms with Crippen molar-refractivity contribution < 1.29 is 9.90 Å². The first kappa shape index (κ1) is 12.1. The third-order valence-electron chi connectivity index (χ3n) is 3.27. The Balaban J connectivity index is 2.26. The summed E-state index contributed by atoms with van der Waals surface area (Å²) in [4.78, 5) is 11.5. The molecule has 3 heteroatoms. The van der Waals surface area contributed by atoms with E-state index in [0.29, 0.717) is 5.92 Å². The number of amides is 1. The number of benzene rings is 1. The third kappa shape index (κ3) is 2.34. The summed E-state index contributed by atoms with van der Waals surface area (Å²) in [6, 6.07) is 5.73. The molecule has 1 aliphatic heterocycles. The van der Waals surface area contributed by atoms with Gasteiger partial charge in [0.2, 0.25) is 5.91 Å². The number of fused-ring (bicyclic) bond motifs is 1. The Hall–Kier alpha value is -1.35. The lowest BCUT2D eigenvalue weighted by Crippen LogP contribution is -2.08. The molecule has 2 rings (SSSR count). The van der Waals surface area contributed by atoms with Crippen LogP contribution >= 0.6 is 0 Å². The van der Waals surface area contributed by atoms with Gasteiger partial charge in [0.15, 0.2) is 0 Å². The molecule has 1 aromatic rings. The van der Waals surface area contributed by atoms with Crippen molar-refractivity contribution in [2.24, 2.45) is 5.92 Å². The van der Waals surface area contributed by atoms with Crippen LogP contribution in [0.2, 0.25) is 0 Å². The van der Waals surface area contributed by atoms with Crippen molar-refractivity contribution in [3.63, 3.8) is 0 Å². The smallest absolute Gasteiger partial charge is 0.231 e. The van der Waals surface area contributed by atoms with E-state index in [9.17, 15) is 9.90 Å². The van der Waals surface area contributed by atoms with Gasteiger partial charge in [-0.15, -0.1) is 0 Å². The normalized spacial score (nSPS) is 20.3. The van der Waals surface area contributed by atoms with Crippen molar-refractivity contribution in [3.8, 4) is 0 Å². The Kier molecular flexibility index (Phi) is 3.20. The van der Waals surface area contributed by atoms with Crippen LogP contribution in [0.4, 0.5) is 5.69 Å². The van der Waals surface area contributed by atoms with Crippen LogP contribution in [0.5, 0.6) is 0 Å². The zero-order valence-corrected chi connectivity index (χ0v) is 10.5. The maximum absolute atomic E-state index is 11.5.